The van der Waals surface area contributed by atoms with Gasteiger partial charge in [0, 0.05) is 38.3 Å². The van der Waals surface area contributed by atoms with Gasteiger partial charge in [-0.1, -0.05) is 30.3 Å². The first kappa shape index (κ1) is 23.4. The smallest absolute Gasteiger partial charge is 0.243 e. The molecular formula is C25H31N3O4S. The number of hydrogen-bond donors (Lipinski definition) is 1. The van der Waals surface area contributed by atoms with Crippen molar-refractivity contribution >= 4 is 27.5 Å². The number of carbonyl (C=O) groups is 2. The molecule has 1 N–H and O–H groups in total. The van der Waals surface area contributed by atoms with Gasteiger partial charge in [0.05, 0.1) is 10.3 Å². The molecule has 176 valence electrons. The second kappa shape index (κ2) is 8.91. The Kier molecular flexibility index (Phi) is 6.33. The summed E-state index contributed by atoms with van der Waals surface area (Å²) in [6.07, 6.45) is 1.76. The van der Waals surface area contributed by atoms with Crippen molar-refractivity contribution in [2.45, 2.75) is 43.4 Å². The van der Waals surface area contributed by atoms with Crippen molar-refractivity contribution in [3.05, 3.63) is 59.7 Å². The van der Waals surface area contributed by atoms with Crippen molar-refractivity contribution < 1.29 is 18.0 Å². The number of nitrogens with zero attached hydrogens (tertiary/aromatic N) is 2. The molecule has 0 aromatic heterocycles. The summed E-state index contributed by atoms with van der Waals surface area (Å²) in [5.74, 6) is -0.243. The molecule has 0 radical (unpaired) electrons. The first-order valence-corrected chi connectivity index (χ1v) is 12.8. The Morgan fingerprint density at radius 3 is 2.42 bits per heavy atom. The van der Waals surface area contributed by atoms with Crippen LogP contribution in [0, 0.1) is 5.92 Å². The Hall–Kier alpha value is -2.71. The molecule has 2 aliphatic rings. The Balaban J connectivity index is 1.37. The first-order chi connectivity index (χ1) is 15.6. The Labute approximate surface area is 195 Å². The van der Waals surface area contributed by atoms with Crippen LogP contribution in [0.1, 0.15) is 37.8 Å². The number of carbonyl (C=O) groups excluding carboxylic acids is 2. The standard InChI is InChI=1S/C25H31N3O4S/c1-25(2)21-17-20(9-10-22(21)27(3)24(25)30)33(31,32)28-15-12-19(13-16-28)23(29)26-14-11-18-7-5-4-6-8-18/h4-10,17,19H,11-16H2,1-3H3,(H,26,29). The van der Waals surface area contributed by atoms with E-state index in [1.54, 1.807) is 30.1 Å². The van der Waals surface area contributed by atoms with Gasteiger partial charge in [0.2, 0.25) is 21.8 Å². The summed E-state index contributed by atoms with van der Waals surface area (Å²) in [7, 11) is -1.99. The highest BCUT2D eigenvalue weighted by molar-refractivity contribution is 7.89. The van der Waals surface area contributed by atoms with Gasteiger partial charge in [-0.25, -0.2) is 8.42 Å². The summed E-state index contributed by atoms with van der Waals surface area (Å²) >= 11 is 0. The summed E-state index contributed by atoms with van der Waals surface area (Å²) in [6.45, 7) is 4.81. The van der Waals surface area contributed by atoms with Crippen molar-refractivity contribution in [1.82, 2.24) is 9.62 Å². The quantitative estimate of drug-likeness (QED) is 0.705. The zero-order chi connectivity index (χ0) is 23.8. The van der Waals surface area contributed by atoms with Crippen molar-refractivity contribution in [1.29, 1.82) is 0 Å². The third-order valence-electron chi connectivity index (χ3n) is 6.86. The third kappa shape index (κ3) is 4.42. The first-order valence-electron chi connectivity index (χ1n) is 11.4. The lowest BCUT2D eigenvalue weighted by Gasteiger charge is -2.30. The molecular weight excluding hydrogens is 438 g/mol. The zero-order valence-corrected chi connectivity index (χ0v) is 20.2. The van der Waals surface area contributed by atoms with Gasteiger partial charge in [-0.3, -0.25) is 9.59 Å². The number of nitrogens with one attached hydrogen (secondary N) is 1. The van der Waals surface area contributed by atoms with Gasteiger partial charge < -0.3 is 10.2 Å². The Bertz CT molecular complexity index is 1150. The van der Waals surface area contributed by atoms with Crippen LogP contribution in [-0.4, -0.2) is 51.2 Å². The van der Waals surface area contributed by atoms with E-state index in [4.69, 9.17) is 0 Å². The Morgan fingerprint density at radius 2 is 1.76 bits per heavy atom. The van der Waals surface area contributed by atoms with Gasteiger partial charge in [0.15, 0.2) is 0 Å². The Morgan fingerprint density at radius 1 is 1.09 bits per heavy atom. The number of benzene rings is 2. The van der Waals surface area contributed by atoms with Crippen LogP contribution in [0.25, 0.3) is 0 Å². The van der Waals surface area contributed by atoms with E-state index in [2.05, 4.69) is 5.32 Å². The van der Waals surface area contributed by atoms with Crippen molar-refractivity contribution in [3.63, 3.8) is 0 Å². The highest BCUT2D eigenvalue weighted by Gasteiger charge is 2.43. The maximum absolute atomic E-state index is 13.3. The molecule has 4 rings (SSSR count). The van der Waals surface area contributed by atoms with E-state index < -0.39 is 15.4 Å². The van der Waals surface area contributed by atoms with Crippen LogP contribution in [0.4, 0.5) is 5.69 Å². The van der Waals surface area contributed by atoms with E-state index in [1.165, 1.54) is 9.87 Å². The SMILES string of the molecule is CN1C(=O)C(C)(C)c2cc(S(=O)(=O)N3CCC(C(=O)NCCc4ccccc4)CC3)ccc21. The van der Waals surface area contributed by atoms with Crippen LogP contribution < -0.4 is 10.2 Å². The third-order valence-corrected chi connectivity index (χ3v) is 8.75. The maximum Gasteiger partial charge on any atom is 0.243 e. The number of fused-ring (bicyclic) bond motifs is 1. The number of hydrogen-bond acceptors (Lipinski definition) is 4. The fourth-order valence-corrected chi connectivity index (χ4v) is 6.24. The summed E-state index contributed by atoms with van der Waals surface area (Å²) < 4.78 is 28.0. The number of sulfonamides is 1. The van der Waals surface area contributed by atoms with Gasteiger partial charge in [0.25, 0.3) is 0 Å². The van der Waals surface area contributed by atoms with Gasteiger partial charge >= 0.3 is 0 Å². The summed E-state index contributed by atoms with van der Waals surface area (Å²) in [5, 5.41) is 2.99. The van der Waals surface area contributed by atoms with E-state index in [9.17, 15) is 18.0 Å². The van der Waals surface area contributed by atoms with Crippen LogP contribution in [0.2, 0.25) is 0 Å². The second-order valence-corrected chi connectivity index (χ2v) is 11.3. The lowest BCUT2D eigenvalue weighted by Crippen LogP contribution is -2.43. The van der Waals surface area contributed by atoms with Crippen LogP contribution in [0.5, 0.6) is 0 Å². The molecule has 0 aliphatic carbocycles. The van der Waals surface area contributed by atoms with E-state index in [0.717, 1.165) is 17.7 Å². The lowest BCUT2D eigenvalue weighted by molar-refractivity contribution is -0.126. The number of rotatable bonds is 6. The van der Waals surface area contributed by atoms with Crippen molar-refractivity contribution in [3.8, 4) is 0 Å². The molecule has 2 amide bonds. The second-order valence-electron chi connectivity index (χ2n) is 9.37. The normalized spacial score (nSPS) is 18.9. The van der Waals surface area contributed by atoms with E-state index in [1.807, 2.05) is 44.2 Å². The molecule has 0 atom stereocenters. The highest BCUT2D eigenvalue weighted by Crippen LogP contribution is 2.42. The van der Waals surface area contributed by atoms with E-state index in [0.29, 0.717) is 32.5 Å². The van der Waals surface area contributed by atoms with Crippen molar-refractivity contribution in [2.75, 3.05) is 31.6 Å². The van der Waals surface area contributed by atoms with E-state index >= 15 is 0 Å². The molecule has 7 nitrogen and oxygen atoms in total. The predicted molar refractivity (Wildman–Crippen MR) is 128 cm³/mol. The average Bonchev–Trinajstić information content (AvgIpc) is 2.99. The van der Waals surface area contributed by atoms with E-state index in [-0.39, 0.29) is 22.6 Å². The highest BCUT2D eigenvalue weighted by atomic mass is 32.2. The number of likely N-dealkylation sites (N-methyl/N-ethyl adjacent to an activating group) is 1. The molecule has 2 aromatic rings. The predicted octanol–water partition coefficient (Wildman–Crippen LogP) is 2.70. The van der Waals surface area contributed by atoms with Gasteiger partial charge in [-0.2, -0.15) is 4.31 Å². The lowest BCUT2D eigenvalue weighted by atomic mass is 9.86. The number of piperidine rings is 1. The molecule has 2 aromatic carbocycles. The van der Waals surface area contributed by atoms with Crippen LogP contribution in [0.3, 0.4) is 0 Å². The monoisotopic (exact) mass is 469 g/mol. The summed E-state index contributed by atoms with van der Waals surface area (Å²) in [4.78, 5) is 26.9. The largest absolute Gasteiger partial charge is 0.356 e. The molecule has 8 heteroatoms. The molecule has 2 aliphatic heterocycles. The molecule has 0 spiro atoms. The number of anilines is 1. The van der Waals surface area contributed by atoms with Gasteiger partial charge in [0.1, 0.15) is 0 Å². The molecule has 0 saturated carbocycles. The minimum absolute atomic E-state index is 0.0104. The topological polar surface area (TPSA) is 86.8 Å². The van der Waals surface area contributed by atoms with Crippen LogP contribution in [-0.2, 0) is 31.4 Å². The molecule has 2 heterocycles. The van der Waals surface area contributed by atoms with Gasteiger partial charge in [-0.15, -0.1) is 0 Å². The summed E-state index contributed by atoms with van der Waals surface area (Å²) in [6, 6.07) is 14.9. The fourth-order valence-electron chi connectivity index (χ4n) is 4.74. The van der Waals surface area contributed by atoms with Gasteiger partial charge in [-0.05, 0) is 62.4 Å². The number of amides is 2. The maximum atomic E-state index is 13.3. The molecule has 0 bridgehead atoms. The molecule has 1 saturated heterocycles. The summed E-state index contributed by atoms with van der Waals surface area (Å²) in [5.41, 5.74) is 1.88. The minimum atomic E-state index is -3.70. The van der Waals surface area contributed by atoms with Crippen molar-refractivity contribution in [2.24, 2.45) is 5.92 Å². The average molecular weight is 470 g/mol. The molecule has 0 unspecified atom stereocenters. The van der Waals surface area contributed by atoms with Crippen LogP contribution in [0.15, 0.2) is 53.4 Å². The van der Waals surface area contributed by atoms with Crippen LogP contribution >= 0.6 is 0 Å². The zero-order valence-electron chi connectivity index (χ0n) is 19.4. The molecule has 1 fully saturated rings. The fraction of sp³-hybridized carbons (Fsp3) is 0.440. The minimum Gasteiger partial charge on any atom is -0.356 e. The molecule has 33 heavy (non-hydrogen) atoms.